The third-order valence-electron chi connectivity index (χ3n) is 4.79. The maximum absolute atomic E-state index is 9.65. The van der Waals surface area contributed by atoms with E-state index in [1.807, 2.05) is 72.8 Å². The molecule has 0 spiro atoms. The van der Waals surface area contributed by atoms with Gasteiger partial charge in [-0.3, -0.25) is 4.98 Å². The molecule has 2 aromatic heterocycles. The second-order valence-corrected chi connectivity index (χ2v) is 6.34. The number of pyridine rings is 1. The summed E-state index contributed by atoms with van der Waals surface area (Å²) in [5, 5.41) is 11.7. The molecule has 0 atom stereocenters. The number of hydrogen-bond acceptors (Lipinski definition) is 3. The number of fused-ring (bicyclic) bond motifs is 3. The Labute approximate surface area is 156 Å². The summed E-state index contributed by atoms with van der Waals surface area (Å²) < 4.78 is 6.37. The van der Waals surface area contributed by atoms with Crippen molar-refractivity contribution in [2.45, 2.75) is 0 Å². The molecule has 0 amide bonds. The Balaban J connectivity index is 1.90. The molecule has 126 valence electrons. The van der Waals surface area contributed by atoms with Crippen LogP contribution in [0.3, 0.4) is 0 Å². The first-order chi connectivity index (χ1) is 13.4. The number of hydrogen-bond donors (Lipinski definition) is 0. The van der Waals surface area contributed by atoms with Crippen molar-refractivity contribution >= 4 is 21.9 Å². The molecular weight excluding hydrogens is 332 g/mol. The molecule has 0 fully saturated rings. The molecule has 0 radical (unpaired) electrons. The third-order valence-corrected chi connectivity index (χ3v) is 4.79. The Bertz CT molecular complexity index is 1310. The maximum Gasteiger partial charge on any atom is 0.144 e. The molecule has 0 bridgehead atoms. The van der Waals surface area contributed by atoms with Crippen LogP contribution >= 0.6 is 0 Å². The number of furan rings is 1. The standard InChI is InChI=1S/C24H14N2O/c25-15-17-12-13-19-18-9-6-10-20(21-11-4-5-14-26-21)23(18)27-24(19)22(17)16-7-2-1-3-8-16/h1-14H. The minimum Gasteiger partial charge on any atom is -0.455 e. The van der Waals surface area contributed by atoms with Crippen molar-refractivity contribution in [3.05, 3.63) is 90.6 Å². The average molecular weight is 346 g/mol. The first kappa shape index (κ1) is 15.4. The number of nitriles is 1. The van der Waals surface area contributed by atoms with Crippen LogP contribution < -0.4 is 0 Å². The average Bonchev–Trinajstić information content (AvgIpc) is 3.13. The third kappa shape index (κ3) is 2.39. The number of rotatable bonds is 2. The lowest BCUT2D eigenvalue weighted by molar-refractivity contribution is 0.670. The van der Waals surface area contributed by atoms with Crippen LogP contribution in [0, 0.1) is 11.3 Å². The summed E-state index contributed by atoms with van der Waals surface area (Å²) >= 11 is 0. The van der Waals surface area contributed by atoms with Crippen molar-refractivity contribution in [2.24, 2.45) is 0 Å². The van der Waals surface area contributed by atoms with Gasteiger partial charge in [0.25, 0.3) is 0 Å². The Morgan fingerprint density at radius 2 is 1.56 bits per heavy atom. The van der Waals surface area contributed by atoms with Crippen LogP contribution in [0.15, 0.2) is 89.5 Å². The molecule has 3 aromatic carbocycles. The van der Waals surface area contributed by atoms with Gasteiger partial charge in [-0.05, 0) is 35.9 Å². The highest BCUT2D eigenvalue weighted by Gasteiger charge is 2.18. The smallest absolute Gasteiger partial charge is 0.144 e. The largest absolute Gasteiger partial charge is 0.455 e. The lowest BCUT2D eigenvalue weighted by atomic mass is 9.97. The van der Waals surface area contributed by atoms with Crippen LogP contribution in [-0.4, -0.2) is 4.98 Å². The van der Waals surface area contributed by atoms with E-state index in [4.69, 9.17) is 4.42 Å². The van der Waals surface area contributed by atoms with Crippen molar-refractivity contribution in [2.75, 3.05) is 0 Å². The van der Waals surface area contributed by atoms with E-state index in [0.29, 0.717) is 5.56 Å². The summed E-state index contributed by atoms with van der Waals surface area (Å²) in [6, 6.07) is 28.0. The predicted molar refractivity (Wildman–Crippen MR) is 107 cm³/mol. The van der Waals surface area contributed by atoms with Gasteiger partial charge in [0.1, 0.15) is 11.2 Å². The van der Waals surface area contributed by atoms with Crippen molar-refractivity contribution in [1.29, 1.82) is 5.26 Å². The van der Waals surface area contributed by atoms with Crippen molar-refractivity contribution in [3.63, 3.8) is 0 Å². The molecule has 0 saturated heterocycles. The highest BCUT2D eigenvalue weighted by molar-refractivity contribution is 6.13. The highest BCUT2D eigenvalue weighted by atomic mass is 16.3. The van der Waals surface area contributed by atoms with Gasteiger partial charge in [-0.15, -0.1) is 0 Å². The van der Waals surface area contributed by atoms with E-state index in [-0.39, 0.29) is 0 Å². The van der Waals surface area contributed by atoms with Gasteiger partial charge in [-0.1, -0.05) is 48.5 Å². The Morgan fingerprint density at radius 1 is 0.741 bits per heavy atom. The van der Waals surface area contributed by atoms with Crippen LogP contribution in [0.1, 0.15) is 5.56 Å². The second kappa shape index (κ2) is 6.12. The molecule has 3 nitrogen and oxygen atoms in total. The molecular formula is C24H14N2O. The fourth-order valence-electron chi connectivity index (χ4n) is 3.57. The SMILES string of the molecule is N#Cc1ccc2c(oc3c(-c4ccccn4)cccc32)c1-c1ccccc1. The van der Waals surface area contributed by atoms with Crippen molar-refractivity contribution in [1.82, 2.24) is 4.98 Å². The zero-order chi connectivity index (χ0) is 18.2. The summed E-state index contributed by atoms with van der Waals surface area (Å²) in [5.74, 6) is 0. The van der Waals surface area contributed by atoms with Gasteiger partial charge >= 0.3 is 0 Å². The van der Waals surface area contributed by atoms with Gasteiger partial charge in [0, 0.05) is 28.1 Å². The summed E-state index contributed by atoms with van der Waals surface area (Å²) in [6.07, 6.45) is 1.78. The van der Waals surface area contributed by atoms with E-state index in [1.54, 1.807) is 6.20 Å². The molecule has 0 aliphatic heterocycles. The van der Waals surface area contributed by atoms with Crippen LogP contribution in [-0.2, 0) is 0 Å². The minimum absolute atomic E-state index is 0.604. The molecule has 0 aliphatic carbocycles. The molecule has 3 heteroatoms. The molecule has 2 heterocycles. The van der Waals surface area contributed by atoms with Crippen LogP contribution in [0.25, 0.3) is 44.3 Å². The Morgan fingerprint density at radius 3 is 2.33 bits per heavy atom. The number of aromatic nitrogens is 1. The summed E-state index contributed by atoms with van der Waals surface area (Å²) in [5.41, 5.74) is 5.74. The van der Waals surface area contributed by atoms with E-state index in [2.05, 4.69) is 17.1 Å². The van der Waals surface area contributed by atoms with Gasteiger partial charge in [0.2, 0.25) is 0 Å². The number of para-hydroxylation sites is 1. The Hall–Kier alpha value is -3.90. The minimum atomic E-state index is 0.604. The zero-order valence-electron chi connectivity index (χ0n) is 14.4. The molecule has 27 heavy (non-hydrogen) atoms. The van der Waals surface area contributed by atoms with Crippen LogP contribution in [0.4, 0.5) is 0 Å². The predicted octanol–water partition coefficient (Wildman–Crippen LogP) is 6.19. The highest BCUT2D eigenvalue weighted by Crippen LogP contribution is 2.40. The monoisotopic (exact) mass is 346 g/mol. The molecule has 0 unspecified atom stereocenters. The lowest BCUT2D eigenvalue weighted by Gasteiger charge is -2.05. The first-order valence-electron chi connectivity index (χ1n) is 8.72. The molecule has 0 saturated carbocycles. The van der Waals surface area contributed by atoms with Gasteiger partial charge in [0.05, 0.1) is 17.3 Å². The zero-order valence-corrected chi connectivity index (χ0v) is 14.4. The normalized spacial score (nSPS) is 10.9. The molecule has 5 aromatic rings. The van der Waals surface area contributed by atoms with Gasteiger partial charge < -0.3 is 4.42 Å². The molecule has 5 rings (SSSR count). The lowest BCUT2D eigenvalue weighted by Crippen LogP contribution is -1.85. The summed E-state index contributed by atoms with van der Waals surface area (Å²) in [6.45, 7) is 0. The summed E-state index contributed by atoms with van der Waals surface area (Å²) in [7, 11) is 0. The molecule has 0 N–H and O–H groups in total. The van der Waals surface area contributed by atoms with E-state index >= 15 is 0 Å². The fourth-order valence-corrected chi connectivity index (χ4v) is 3.57. The van der Waals surface area contributed by atoms with Gasteiger partial charge in [-0.2, -0.15) is 5.26 Å². The fraction of sp³-hybridized carbons (Fsp3) is 0. The maximum atomic E-state index is 9.65. The van der Waals surface area contributed by atoms with Crippen molar-refractivity contribution < 1.29 is 4.42 Å². The van der Waals surface area contributed by atoms with Gasteiger partial charge in [-0.25, -0.2) is 0 Å². The van der Waals surface area contributed by atoms with E-state index in [0.717, 1.165) is 44.3 Å². The Kier molecular flexibility index (Phi) is 3.48. The van der Waals surface area contributed by atoms with Crippen LogP contribution in [0.2, 0.25) is 0 Å². The first-order valence-corrected chi connectivity index (χ1v) is 8.72. The van der Waals surface area contributed by atoms with Crippen LogP contribution in [0.5, 0.6) is 0 Å². The van der Waals surface area contributed by atoms with E-state index in [1.165, 1.54) is 0 Å². The topological polar surface area (TPSA) is 49.8 Å². The molecule has 0 aliphatic rings. The number of nitrogens with zero attached hydrogens (tertiary/aromatic N) is 2. The summed E-state index contributed by atoms with van der Waals surface area (Å²) in [4.78, 5) is 4.47. The quantitative estimate of drug-likeness (QED) is 0.383. The number of benzene rings is 3. The second-order valence-electron chi connectivity index (χ2n) is 6.34. The van der Waals surface area contributed by atoms with Gasteiger partial charge in [0.15, 0.2) is 0 Å². The van der Waals surface area contributed by atoms with E-state index < -0.39 is 0 Å². The van der Waals surface area contributed by atoms with Crippen molar-refractivity contribution in [3.8, 4) is 28.5 Å². The van der Waals surface area contributed by atoms with E-state index in [9.17, 15) is 5.26 Å².